The van der Waals surface area contributed by atoms with Crippen molar-refractivity contribution in [2.24, 2.45) is 0 Å². The second kappa shape index (κ2) is 9.62. The maximum Gasteiger partial charge on any atom is 0.233 e. The number of rotatable bonds is 7. The molecule has 1 atom stereocenters. The zero-order valence-corrected chi connectivity index (χ0v) is 17.9. The molecule has 7 heteroatoms. The van der Waals surface area contributed by atoms with E-state index in [-0.39, 0.29) is 12.0 Å². The van der Waals surface area contributed by atoms with Gasteiger partial charge in [-0.25, -0.2) is 0 Å². The fourth-order valence-electron chi connectivity index (χ4n) is 4.18. The smallest absolute Gasteiger partial charge is 0.233 e. The van der Waals surface area contributed by atoms with Crippen molar-refractivity contribution in [3.63, 3.8) is 0 Å². The van der Waals surface area contributed by atoms with Crippen LogP contribution in [0.1, 0.15) is 37.3 Å². The summed E-state index contributed by atoms with van der Waals surface area (Å²) in [5, 5.41) is 4.45. The highest BCUT2D eigenvalue weighted by Crippen LogP contribution is 2.33. The number of carbonyl (C=O) groups excluding carboxylic acids is 1. The second-order valence-electron chi connectivity index (χ2n) is 8.05. The van der Waals surface area contributed by atoms with E-state index in [0.717, 1.165) is 60.8 Å². The van der Waals surface area contributed by atoms with Gasteiger partial charge in [-0.3, -0.25) is 4.79 Å². The van der Waals surface area contributed by atoms with Crippen molar-refractivity contribution in [3.05, 3.63) is 35.4 Å². The Hall–Kier alpha value is -2.38. The van der Waals surface area contributed by atoms with Gasteiger partial charge in [-0.15, -0.1) is 0 Å². The zero-order chi connectivity index (χ0) is 20.9. The largest absolute Gasteiger partial charge is 0.378 e. The number of aryl methyl sites for hydroxylation is 1. The maximum absolute atomic E-state index is 12.8. The summed E-state index contributed by atoms with van der Waals surface area (Å²) in [5.74, 6) is 0.867. The molecule has 1 aromatic carbocycles. The maximum atomic E-state index is 12.8. The van der Waals surface area contributed by atoms with Crippen LogP contribution in [0.4, 0.5) is 5.88 Å². The van der Waals surface area contributed by atoms with Gasteiger partial charge in [0.25, 0.3) is 0 Å². The topological polar surface area (TPSA) is 68.0 Å². The van der Waals surface area contributed by atoms with E-state index < -0.39 is 0 Å². The first-order valence-electron chi connectivity index (χ1n) is 10.9. The number of aromatic nitrogens is 1. The molecule has 2 fully saturated rings. The van der Waals surface area contributed by atoms with Gasteiger partial charge in [0.2, 0.25) is 11.8 Å². The highest BCUT2D eigenvalue weighted by Gasteiger charge is 2.29. The van der Waals surface area contributed by atoms with Gasteiger partial charge in [0.1, 0.15) is 5.69 Å². The Labute approximate surface area is 177 Å². The Bertz CT molecular complexity index is 854. The second-order valence-corrected chi connectivity index (χ2v) is 8.05. The van der Waals surface area contributed by atoms with Crippen molar-refractivity contribution < 1.29 is 18.8 Å². The van der Waals surface area contributed by atoms with E-state index in [0.29, 0.717) is 32.7 Å². The number of benzene rings is 1. The van der Waals surface area contributed by atoms with E-state index in [2.05, 4.69) is 29.1 Å². The Morgan fingerprint density at radius 1 is 1.27 bits per heavy atom. The van der Waals surface area contributed by atoms with Crippen molar-refractivity contribution in [3.8, 4) is 11.3 Å². The summed E-state index contributed by atoms with van der Waals surface area (Å²) in [5.41, 5.74) is 3.94. The minimum absolute atomic E-state index is 0.106. The fraction of sp³-hybridized carbons (Fsp3) is 0.565. The van der Waals surface area contributed by atoms with Crippen LogP contribution in [-0.2, 0) is 20.8 Å². The van der Waals surface area contributed by atoms with Crippen molar-refractivity contribution in [2.45, 2.75) is 45.8 Å². The SMILES string of the molecule is CCC(=O)N(Cc1c(-c2cccc(C)c2)noc1N1CCOCC1)CC1CCCO1. The Morgan fingerprint density at radius 3 is 2.80 bits per heavy atom. The minimum atomic E-state index is 0.106. The molecule has 1 unspecified atom stereocenters. The lowest BCUT2D eigenvalue weighted by atomic mass is 10.0. The summed E-state index contributed by atoms with van der Waals surface area (Å²) in [4.78, 5) is 16.9. The third kappa shape index (κ3) is 4.68. The van der Waals surface area contributed by atoms with Crippen molar-refractivity contribution in [1.29, 1.82) is 0 Å². The lowest BCUT2D eigenvalue weighted by Gasteiger charge is -2.29. The number of anilines is 1. The van der Waals surface area contributed by atoms with E-state index in [4.69, 9.17) is 14.0 Å². The van der Waals surface area contributed by atoms with Crippen LogP contribution >= 0.6 is 0 Å². The highest BCUT2D eigenvalue weighted by molar-refractivity contribution is 5.77. The van der Waals surface area contributed by atoms with Crippen LogP contribution < -0.4 is 4.90 Å². The summed E-state index contributed by atoms with van der Waals surface area (Å²) >= 11 is 0. The van der Waals surface area contributed by atoms with E-state index in [1.54, 1.807) is 0 Å². The van der Waals surface area contributed by atoms with Gasteiger partial charge in [-0.1, -0.05) is 35.8 Å². The molecule has 0 spiro atoms. The van der Waals surface area contributed by atoms with Gasteiger partial charge in [-0.05, 0) is 25.8 Å². The lowest BCUT2D eigenvalue weighted by molar-refractivity contribution is -0.133. The number of carbonyl (C=O) groups is 1. The predicted molar refractivity (Wildman–Crippen MR) is 114 cm³/mol. The molecular weight excluding hydrogens is 382 g/mol. The lowest BCUT2D eigenvalue weighted by Crippen LogP contribution is -2.39. The van der Waals surface area contributed by atoms with E-state index in [1.165, 1.54) is 0 Å². The molecule has 2 aromatic rings. The number of hydrogen-bond donors (Lipinski definition) is 0. The molecule has 2 aliphatic heterocycles. The van der Waals surface area contributed by atoms with Crippen molar-refractivity contribution in [2.75, 3.05) is 44.4 Å². The third-order valence-electron chi connectivity index (χ3n) is 5.81. The van der Waals surface area contributed by atoms with Gasteiger partial charge >= 0.3 is 0 Å². The van der Waals surface area contributed by atoms with Crippen molar-refractivity contribution in [1.82, 2.24) is 10.1 Å². The quantitative estimate of drug-likeness (QED) is 0.693. The standard InChI is InChI=1S/C23H31N3O4/c1-3-21(27)26(15-19-8-5-11-29-19)16-20-22(18-7-4-6-17(2)14-18)24-30-23(20)25-9-12-28-13-10-25/h4,6-7,14,19H,3,5,8-13,15-16H2,1-2H3. The first-order chi connectivity index (χ1) is 14.7. The first kappa shape index (κ1) is 20.9. The van der Waals surface area contributed by atoms with Gasteiger partial charge in [0.15, 0.2) is 0 Å². The van der Waals surface area contributed by atoms with Gasteiger partial charge in [0, 0.05) is 38.2 Å². The molecule has 2 saturated heterocycles. The van der Waals surface area contributed by atoms with Crippen LogP contribution in [0.15, 0.2) is 28.8 Å². The summed E-state index contributed by atoms with van der Waals surface area (Å²) in [6.45, 7) is 8.64. The van der Waals surface area contributed by atoms with Crippen LogP contribution in [0, 0.1) is 6.92 Å². The van der Waals surface area contributed by atoms with Crippen LogP contribution in [0.3, 0.4) is 0 Å². The molecule has 0 aliphatic carbocycles. The molecule has 7 nitrogen and oxygen atoms in total. The molecular formula is C23H31N3O4. The van der Waals surface area contributed by atoms with Crippen LogP contribution in [0.2, 0.25) is 0 Å². The summed E-state index contributed by atoms with van der Waals surface area (Å²) < 4.78 is 17.2. The number of morpholine rings is 1. The van der Waals surface area contributed by atoms with Gasteiger partial charge in [0.05, 0.1) is 31.4 Å². The van der Waals surface area contributed by atoms with Crippen LogP contribution in [-0.4, -0.2) is 61.5 Å². The fourth-order valence-corrected chi connectivity index (χ4v) is 4.18. The molecule has 3 heterocycles. The Balaban J connectivity index is 1.68. The molecule has 162 valence electrons. The first-order valence-corrected chi connectivity index (χ1v) is 10.9. The van der Waals surface area contributed by atoms with E-state index >= 15 is 0 Å². The molecule has 4 rings (SSSR count). The molecule has 0 N–H and O–H groups in total. The molecule has 0 radical (unpaired) electrons. The molecule has 30 heavy (non-hydrogen) atoms. The number of ether oxygens (including phenoxy) is 2. The van der Waals surface area contributed by atoms with Crippen LogP contribution in [0.25, 0.3) is 11.3 Å². The summed E-state index contributed by atoms with van der Waals surface area (Å²) in [7, 11) is 0. The van der Waals surface area contributed by atoms with Crippen molar-refractivity contribution >= 4 is 11.8 Å². The Kier molecular flexibility index (Phi) is 6.69. The number of amides is 1. The summed E-state index contributed by atoms with van der Waals surface area (Å²) in [6.07, 6.45) is 2.62. The average molecular weight is 414 g/mol. The molecule has 1 amide bonds. The minimum Gasteiger partial charge on any atom is -0.378 e. The van der Waals surface area contributed by atoms with Gasteiger partial charge in [-0.2, -0.15) is 0 Å². The van der Waals surface area contributed by atoms with E-state index in [9.17, 15) is 4.79 Å². The summed E-state index contributed by atoms with van der Waals surface area (Å²) in [6, 6.07) is 8.25. The predicted octanol–water partition coefficient (Wildman–Crippen LogP) is 3.40. The monoisotopic (exact) mass is 413 g/mol. The van der Waals surface area contributed by atoms with E-state index in [1.807, 2.05) is 24.0 Å². The third-order valence-corrected chi connectivity index (χ3v) is 5.81. The number of hydrogen-bond acceptors (Lipinski definition) is 6. The average Bonchev–Trinajstić information content (AvgIpc) is 3.43. The zero-order valence-electron chi connectivity index (χ0n) is 17.9. The van der Waals surface area contributed by atoms with Gasteiger partial charge < -0.3 is 23.8 Å². The molecule has 0 saturated carbocycles. The molecule has 1 aromatic heterocycles. The molecule has 2 aliphatic rings. The normalized spacial score (nSPS) is 19.3. The number of nitrogens with zero attached hydrogens (tertiary/aromatic N) is 3. The van der Waals surface area contributed by atoms with Crippen LogP contribution in [0.5, 0.6) is 0 Å². The Morgan fingerprint density at radius 2 is 2.10 bits per heavy atom. The molecule has 0 bridgehead atoms. The highest BCUT2D eigenvalue weighted by atomic mass is 16.5.